The topological polar surface area (TPSA) is 52.6 Å². The molecule has 0 saturated heterocycles. The van der Waals surface area contributed by atoms with Gasteiger partial charge in [-0.25, -0.2) is 4.79 Å². The zero-order valence-corrected chi connectivity index (χ0v) is 11.3. The standard InChI is InChI=1S/C11H21O4P/c1-8-5-6-9(7-8)15-11(10(12)14-2)16(3,4)13/h8-9,11H,5-7H2,1-4H3/t8-,9+,11?/m0/s1. The molecule has 16 heavy (non-hydrogen) atoms. The Balaban J connectivity index is 2.64. The Morgan fingerprint density at radius 2 is 2.00 bits per heavy atom. The Hall–Kier alpha value is -0.340. The third-order valence-electron chi connectivity index (χ3n) is 2.94. The molecule has 5 heteroatoms. The van der Waals surface area contributed by atoms with Gasteiger partial charge >= 0.3 is 5.97 Å². The Morgan fingerprint density at radius 3 is 2.38 bits per heavy atom. The van der Waals surface area contributed by atoms with Crippen molar-refractivity contribution in [1.29, 1.82) is 0 Å². The monoisotopic (exact) mass is 248 g/mol. The predicted octanol–water partition coefficient (Wildman–Crippen LogP) is 2.31. The summed E-state index contributed by atoms with van der Waals surface area (Å²) in [7, 11) is -1.32. The second kappa shape index (κ2) is 5.33. The van der Waals surface area contributed by atoms with Gasteiger partial charge in [0.2, 0.25) is 5.85 Å². The Labute approximate surface area is 97.1 Å². The lowest BCUT2D eigenvalue weighted by molar-refractivity contribution is -0.151. The summed E-state index contributed by atoms with van der Waals surface area (Å²) in [5, 5.41) is 0. The first-order valence-electron chi connectivity index (χ1n) is 5.62. The van der Waals surface area contributed by atoms with Crippen LogP contribution in [0, 0.1) is 5.92 Å². The maximum absolute atomic E-state index is 12.0. The van der Waals surface area contributed by atoms with Crippen molar-refractivity contribution >= 4 is 13.1 Å². The molecule has 0 aromatic rings. The molecule has 4 nitrogen and oxygen atoms in total. The number of rotatable bonds is 4. The molecule has 0 radical (unpaired) electrons. The number of methoxy groups -OCH3 is 1. The molecule has 0 heterocycles. The minimum Gasteiger partial charge on any atom is -0.467 e. The van der Waals surface area contributed by atoms with Crippen LogP contribution in [0.15, 0.2) is 0 Å². The van der Waals surface area contributed by atoms with Crippen molar-refractivity contribution in [2.24, 2.45) is 5.92 Å². The molecule has 1 aliphatic carbocycles. The normalized spacial score (nSPS) is 27.8. The van der Waals surface area contributed by atoms with Gasteiger partial charge in [-0.1, -0.05) is 6.92 Å². The highest BCUT2D eigenvalue weighted by atomic mass is 31.2. The molecule has 0 N–H and O–H groups in total. The molecule has 0 amide bonds. The average molecular weight is 248 g/mol. The first-order chi connectivity index (χ1) is 7.34. The molecule has 1 rings (SSSR count). The van der Waals surface area contributed by atoms with Gasteiger partial charge in [-0.15, -0.1) is 0 Å². The van der Waals surface area contributed by atoms with E-state index in [2.05, 4.69) is 11.7 Å². The van der Waals surface area contributed by atoms with E-state index in [-0.39, 0.29) is 6.10 Å². The molecule has 0 aromatic carbocycles. The highest BCUT2D eigenvalue weighted by molar-refractivity contribution is 7.63. The van der Waals surface area contributed by atoms with Crippen LogP contribution >= 0.6 is 7.14 Å². The lowest BCUT2D eigenvalue weighted by atomic mass is 10.1. The SMILES string of the molecule is COC(=O)C(O[C@@H]1CC[C@H](C)C1)P(C)(C)=O. The van der Waals surface area contributed by atoms with Gasteiger partial charge in [0.15, 0.2) is 0 Å². The van der Waals surface area contributed by atoms with Crippen LogP contribution in [0.3, 0.4) is 0 Å². The highest BCUT2D eigenvalue weighted by Crippen LogP contribution is 2.45. The fourth-order valence-electron chi connectivity index (χ4n) is 2.02. The Bertz CT molecular complexity index is 296. The lowest BCUT2D eigenvalue weighted by Crippen LogP contribution is -2.29. The van der Waals surface area contributed by atoms with E-state index in [1.54, 1.807) is 13.3 Å². The number of ether oxygens (including phenoxy) is 2. The molecular weight excluding hydrogens is 227 g/mol. The number of carbonyl (C=O) groups excluding carboxylic acids is 1. The van der Waals surface area contributed by atoms with Crippen molar-refractivity contribution in [1.82, 2.24) is 0 Å². The van der Waals surface area contributed by atoms with E-state index in [9.17, 15) is 9.36 Å². The molecule has 3 atom stereocenters. The molecule has 1 saturated carbocycles. The van der Waals surface area contributed by atoms with Crippen LogP contribution in [0.2, 0.25) is 0 Å². The van der Waals surface area contributed by atoms with Gasteiger partial charge in [-0.2, -0.15) is 0 Å². The first-order valence-corrected chi connectivity index (χ1v) is 8.29. The van der Waals surface area contributed by atoms with Crippen molar-refractivity contribution in [2.75, 3.05) is 20.4 Å². The zero-order valence-electron chi connectivity index (χ0n) is 10.4. The second-order valence-corrected chi connectivity index (χ2v) is 8.32. The van der Waals surface area contributed by atoms with Crippen LogP contribution in [0.25, 0.3) is 0 Å². The molecule has 1 unspecified atom stereocenters. The van der Waals surface area contributed by atoms with E-state index >= 15 is 0 Å². The van der Waals surface area contributed by atoms with Crippen LogP contribution in [0.5, 0.6) is 0 Å². The summed E-state index contributed by atoms with van der Waals surface area (Å²) in [6, 6.07) is 0. The summed E-state index contributed by atoms with van der Waals surface area (Å²) in [5.74, 6) is -0.794. The molecular formula is C11H21O4P. The second-order valence-electron chi connectivity index (χ2n) is 4.99. The summed E-state index contributed by atoms with van der Waals surface area (Å²) in [5.41, 5.74) is 0. The third-order valence-corrected chi connectivity index (χ3v) is 4.40. The lowest BCUT2D eigenvalue weighted by Gasteiger charge is -2.23. The Morgan fingerprint density at radius 1 is 1.38 bits per heavy atom. The summed E-state index contributed by atoms with van der Waals surface area (Å²) in [6.07, 6.45) is 3.03. The summed E-state index contributed by atoms with van der Waals surface area (Å²) < 4.78 is 22.3. The van der Waals surface area contributed by atoms with Gasteiger partial charge in [0, 0.05) is 0 Å². The van der Waals surface area contributed by atoms with Crippen LogP contribution in [0.4, 0.5) is 0 Å². The van der Waals surface area contributed by atoms with Crippen molar-refractivity contribution in [3.8, 4) is 0 Å². The molecule has 0 bridgehead atoms. The first kappa shape index (κ1) is 13.7. The summed E-state index contributed by atoms with van der Waals surface area (Å²) >= 11 is 0. The largest absolute Gasteiger partial charge is 0.467 e. The van der Waals surface area contributed by atoms with Crippen LogP contribution < -0.4 is 0 Å². The molecule has 1 aliphatic rings. The average Bonchev–Trinajstić information content (AvgIpc) is 2.57. The van der Waals surface area contributed by atoms with Crippen molar-refractivity contribution in [3.05, 3.63) is 0 Å². The summed E-state index contributed by atoms with van der Waals surface area (Å²) in [6.45, 7) is 5.29. The van der Waals surface area contributed by atoms with Crippen LogP contribution in [-0.4, -0.2) is 38.4 Å². The molecule has 0 aliphatic heterocycles. The van der Waals surface area contributed by atoms with Gasteiger partial charge < -0.3 is 14.0 Å². The summed E-state index contributed by atoms with van der Waals surface area (Å²) in [4.78, 5) is 11.5. The minimum absolute atomic E-state index is 0.0484. The number of hydrogen-bond donors (Lipinski definition) is 0. The third kappa shape index (κ3) is 3.60. The Kier molecular flexibility index (Phi) is 4.57. The fourth-order valence-corrected chi connectivity index (χ4v) is 3.10. The number of carbonyl (C=O) groups is 1. The van der Waals surface area contributed by atoms with E-state index in [1.165, 1.54) is 7.11 Å². The van der Waals surface area contributed by atoms with E-state index in [0.29, 0.717) is 5.92 Å². The smallest absolute Gasteiger partial charge is 0.342 e. The number of hydrogen-bond acceptors (Lipinski definition) is 4. The van der Waals surface area contributed by atoms with Crippen molar-refractivity contribution in [3.63, 3.8) is 0 Å². The van der Waals surface area contributed by atoms with E-state index in [0.717, 1.165) is 19.3 Å². The molecule has 1 fully saturated rings. The van der Waals surface area contributed by atoms with Crippen molar-refractivity contribution in [2.45, 2.75) is 38.1 Å². The van der Waals surface area contributed by atoms with Gasteiger partial charge in [-0.05, 0) is 38.5 Å². The zero-order chi connectivity index (χ0) is 12.3. The number of esters is 1. The highest BCUT2D eigenvalue weighted by Gasteiger charge is 2.36. The van der Waals surface area contributed by atoms with Gasteiger partial charge in [0.25, 0.3) is 0 Å². The minimum atomic E-state index is -2.62. The van der Waals surface area contributed by atoms with Gasteiger partial charge in [-0.3, -0.25) is 0 Å². The molecule has 0 spiro atoms. The molecule has 94 valence electrons. The van der Waals surface area contributed by atoms with Crippen molar-refractivity contribution < 1.29 is 18.8 Å². The van der Waals surface area contributed by atoms with E-state index in [4.69, 9.17) is 4.74 Å². The maximum atomic E-state index is 12.0. The predicted molar refractivity (Wildman–Crippen MR) is 63.1 cm³/mol. The molecule has 0 aromatic heterocycles. The van der Waals surface area contributed by atoms with E-state index < -0.39 is 19.0 Å². The maximum Gasteiger partial charge on any atom is 0.342 e. The quantitative estimate of drug-likeness (QED) is 0.566. The van der Waals surface area contributed by atoms with Gasteiger partial charge in [0.05, 0.1) is 13.2 Å². The van der Waals surface area contributed by atoms with Crippen LogP contribution in [0.1, 0.15) is 26.2 Å². The van der Waals surface area contributed by atoms with E-state index in [1.807, 2.05) is 0 Å². The van der Waals surface area contributed by atoms with Gasteiger partial charge in [0.1, 0.15) is 7.14 Å². The fraction of sp³-hybridized carbons (Fsp3) is 0.909. The van der Waals surface area contributed by atoms with Crippen LogP contribution in [-0.2, 0) is 18.8 Å².